The van der Waals surface area contributed by atoms with Crippen LogP contribution in [0.4, 0.5) is 5.69 Å². The molecule has 1 N–H and O–H groups in total. The van der Waals surface area contributed by atoms with Crippen molar-refractivity contribution in [3.8, 4) is 0 Å². The summed E-state index contributed by atoms with van der Waals surface area (Å²) in [4.78, 5) is 22.3. The van der Waals surface area contributed by atoms with Gasteiger partial charge in [0.05, 0.1) is 22.8 Å². The van der Waals surface area contributed by atoms with Crippen LogP contribution in [0, 0.1) is 10.1 Å². The lowest BCUT2D eigenvalue weighted by atomic mass is 10.1. The number of carbonyl (C=O) groups excluding carboxylic acids is 1. The lowest BCUT2D eigenvalue weighted by Gasteiger charge is -2.12. The molecule has 2 rings (SSSR count). The smallest absolute Gasteiger partial charge is 0.270 e. The molecule has 1 heterocycles. The lowest BCUT2D eigenvalue weighted by molar-refractivity contribution is -0.384. The number of halogens is 1. The molecule has 1 unspecified atom stereocenters. The van der Waals surface area contributed by atoms with Gasteiger partial charge in [0, 0.05) is 16.6 Å². The summed E-state index contributed by atoms with van der Waals surface area (Å²) in [7, 11) is 0. The quantitative estimate of drug-likeness (QED) is 0.683. The minimum Gasteiger partial charge on any atom is -0.467 e. The Bertz CT molecular complexity index is 640. The lowest BCUT2D eigenvalue weighted by Crippen LogP contribution is -2.26. The molecule has 0 aliphatic carbocycles. The first-order valence-electron chi connectivity index (χ1n) is 5.77. The predicted octanol–water partition coefficient (Wildman–Crippen LogP) is 3.44. The molecular weight excluding hydrogens is 328 g/mol. The molecule has 1 atom stereocenters. The number of carbonyl (C=O) groups is 1. The van der Waals surface area contributed by atoms with Gasteiger partial charge in [0.25, 0.3) is 11.6 Å². The number of non-ortho nitro benzene ring substituents is 1. The van der Waals surface area contributed by atoms with Crippen molar-refractivity contribution in [3.63, 3.8) is 0 Å². The maximum Gasteiger partial charge on any atom is 0.270 e. The second kappa shape index (κ2) is 5.87. The van der Waals surface area contributed by atoms with E-state index in [1.165, 1.54) is 24.5 Å². The van der Waals surface area contributed by atoms with Crippen LogP contribution < -0.4 is 5.32 Å². The van der Waals surface area contributed by atoms with Gasteiger partial charge in [-0.2, -0.15) is 0 Å². The van der Waals surface area contributed by atoms with Crippen LogP contribution in [0.15, 0.2) is 45.5 Å². The number of nitro benzene ring substituents is 1. The van der Waals surface area contributed by atoms with Crippen LogP contribution in [0.2, 0.25) is 0 Å². The zero-order valence-corrected chi connectivity index (χ0v) is 12.1. The maximum atomic E-state index is 12.1. The summed E-state index contributed by atoms with van der Waals surface area (Å²) < 4.78 is 5.68. The third-order valence-electron chi connectivity index (χ3n) is 2.72. The summed E-state index contributed by atoms with van der Waals surface area (Å²) in [5, 5.41) is 13.5. The Hall–Kier alpha value is -2.15. The van der Waals surface area contributed by atoms with E-state index in [0.29, 0.717) is 10.2 Å². The van der Waals surface area contributed by atoms with Crippen molar-refractivity contribution in [2.75, 3.05) is 0 Å². The van der Waals surface area contributed by atoms with Crippen LogP contribution in [0.3, 0.4) is 0 Å². The molecule has 6 nitrogen and oxygen atoms in total. The van der Waals surface area contributed by atoms with E-state index in [-0.39, 0.29) is 17.3 Å². The van der Waals surface area contributed by atoms with Gasteiger partial charge in [-0.1, -0.05) is 0 Å². The number of nitro groups is 1. The summed E-state index contributed by atoms with van der Waals surface area (Å²) in [6.45, 7) is 1.77. The Morgan fingerprint density at radius 1 is 1.45 bits per heavy atom. The number of hydrogen-bond donors (Lipinski definition) is 1. The molecular formula is C13H11BrN2O4. The van der Waals surface area contributed by atoms with E-state index in [9.17, 15) is 14.9 Å². The van der Waals surface area contributed by atoms with Crippen molar-refractivity contribution in [3.05, 3.63) is 62.5 Å². The zero-order chi connectivity index (χ0) is 14.7. The van der Waals surface area contributed by atoms with Gasteiger partial charge < -0.3 is 9.73 Å². The minimum atomic E-state index is -0.542. The summed E-state index contributed by atoms with van der Waals surface area (Å²) >= 11 is 3.21. The van der Waals surface area contributed by atoms with E-state index in [1.54, 1.807) is 19.1 Å². The molecule has 0 aliphatic rings. The molecule has 1 aromatic carbocycles. The van der Waals surface area contributed by atoms with Crippen LogP contribution in [-0.2, 0) is 0 Å². The largest absolute Gasteiger partial charge is 0.467 e. The Morgan fingerprint density at radius 2 is 2.20 bits per heavy atom. The summed E-state index contributed by atoms with van der Waals surface area (Å²) in [5.41, 5.74) is 0.0709. The third-order valence-corrected chi connectivity index (χ3v) is 3.41. The third kappa shape index (κ3) is 3.05. The van der Waals surface area contributed by atoms with E-state index in [2.05, 4.69) is 21.2 Å². The Morgan fingerprint density at radius 3 is 2.80 bits per heavy atom. The number of rotatable bonds is 4. The highest BCUT2D eigenvalue weighted by Gasteiger charge is 2.18. The fourth-order valence-electron chi connectivity index (χ4n) is 1.68. The first kappa shape index (κ1) is 14.3. The van der Waals surface area contributed by atoms with E-state index in [1.807, 2.05) is 0 Å². The average Bonchev–Trinajstić information content (AvgIpc) is 2.92. The second-order valence-corrected chi connectivity index (χ2v) is 4.99. The van der Waals surface area contributed by atoms with Crippen molar-refractivity contribution >= 4 is 27.5 Å². The second-order valence-electron chi connectivity index (χ2n) is 4.13. The number of hydrogen-bond acceptors (Lipinski definition) is 4. The monoisotopic (exact) mass is 338 g/mol. The van der Waals surface area contributed by atoms with Gasteiger partial charge in [0.15, 0.2) is 0 Å². The van der Waals surface area contributed by atoms with Gasteiger partial charge in [0.1, 0.15) is 5.76 Å². The standard InChI is InChI=1S/C13H11BrN2O4/c1-8(12-3-2-6-20-12)15-13(17)10-7-9(16(18)19)4-5-11(10)14/h2-8H,1H3,(H,15,17). The first-order valence-corrected chi connectivity index (χ1v) is 6.56. The number of nitrogens with one attached hydrogen (secondary N) is 1. The van der Waals surface area contributed by atoms with Gasteiger partial charge in [-0.05, 0) is 41.1 Å². The highest BCUT2D eigenvalue weighted by atomic mass is 79.9. The molecule has 0 aliphatic heterocycles. The van der Waals surface area contributed by atoms with Crippen molar-refractivity contribution in [2.24, 2.45) is 0 Å². The SMILES string of the molecule is CC(NC(=O)c1cc([N+](=O)[O-])ccc1Br)c1ccco1. The van der Waals surface area contributed by atoms with E-state index >= 15 is 0 Å². The van der Waals surface area contributed by atoms with Crippen molar-refractivity contribution in [1.82, 2.24) is 5.32 Å². The molecule has 104 valence electrons. The van der Waals surface area contributed by atoms with E-state index < -0.39 is 10.8 Å². The fraction of sp³-hybridized carbons (Fsp3) is 0.154. The minimum absolute atomic E-state index is 0.135. The van der Waals surface area contributed by atoms with Gasteiger partial charge >= 0.3 is 0 Å². The molecule has 2 aromatic rings. The molecule has 1 aromatic heterocycles. The Kier molecular flexibility index (Phi) is 4.19. The van der Waals surface area contributed by atoms with Gasteiger partial charge in [-0.15, -0.1) is 0 Å². The summed E-state index contributed by atoms with van der Waals surface area (Å²) in [6.07, 6.45) is 1.52. The van der Waals surface area contributed by atoms with Gasteiger partial charge in [-0.25, -0.2) is 0 Å². The number of benzene rings is 1. The molecule has 7 heteroatoms. The van der Waals surface area contributed by atoms with Crippen molar-refractivity contribution < 1.29 is 14.1 Å². The number of nitrogens with zero attached hydrogens (tertiary/aromatic N) is 1. The summed E-state index contributed by atoms with van der Waals surface area (Å²) in [5.74, 6) is 0.198. The van der Waals surface area contributed by atoms with Crippen LogP contribution in [0.5, 0.6) is 0 Å². The number of amides is 1. The molecule has 0 saturated heterocycles. The summed E-state index contributed by atoms with van der Waals surface area (Å²) in [6, 6.07) is 7.17. The molecule has 0 spiro atoms. The van der Waals surface area contributed by atoms with E-state index in [4.69, 9.17) is 4.42 Å². The van der Waals surface area contributed by atoms with Crippen LogP contribution >= 0.6 is 15.9 Å². The average molecular weight is 339 g/mol. The number of furan rings is 1. The molecule has 20 heavy (non-hydrogen) atoms. The normalized spacial score (nSPS) is 11.9. The molecule has 0 saturated carbocycles. The molecule has 1 amide bonds. The highest BCUT2D eigenvalue weighted by Crippen LogP contribution is 2.23. The molecule has 0 bridgehead atoms. The van der Waals surface area contributed by atoms with Crippen molar-refractivity contribution in [2.45, 2.75) is 13.0 Å². The van der Waals surface area contributed by atoms with Crippen LogP contribution in [0.25, 0.3) is 0 Å². The first-order chi connectivity index (χ1) is 9.49. The van der Waals surface area contributed by atoms with E-state index in [0.717, 1.165) is 0 Å². The Labute approximate surface area is 123 Å². The maximum absolute atomic E-state index is 12.1. The van der Waals surface area contributed by atoms with Crippen LogP contribution in [-0.4, -0.2) is 10.8 Å². The molecule has 0 fully saturated rings. The topological polar surface area (TPSA) is 85.4 Å². The molecule has 0 radical (unpaired) electrons. The van der Waals surface area contributed by atoms with Crippen LogP contribution in [0.1, 0.15) is 29.1 Å². The fourth-order valence-corrected chi connectivity index (χ4v) is 2.11. The van der Waals surface area contributed by atoms with Gasteiger partial charge in [-0.3, -0.25) is 14.9 Å². The van der Waals surface area contributed by atoms with Gasteiger partial charge in [0.2, 0.25) is 0 Å². The zero-order valence-electron chi connectivity index (χ0n) is 10.5. The predicted molar refractivity (Wildman–Crippen MR) is 75.4 cm³/mol. The Balaban J connectivity index is 2.20. The van der Waals surface area contributed by atoms with Crippen molar-refractivity contribution in [1.29, 1.82) is 0 Å². The highest BCUT2D eigenvalue weighted by molar-refractivity contribution is 9.10.